The minimum Gasteiger partial charge on any atom is -0.497 e. The molecular formula is C22H22N2O4. The first-order valence-corrected chi connectivity index (χ1v) is 9.33. The summed E-state index contributed by atoms with van der Waals surface area (Å²) < 4.78 is 5.28. The van der Waals surface area contributed by atoms with E-state index in [-0.39, 0.29) is 5.78 Å². The van der Waals surface area contributed by atoms with E-state index in [0.29, 0.717) is 33.5 Å². The van der Waals surface area contributed by atoms with Crippen LogP contribution in [0.1, 0.15) is 46.4 Å². The van der Waals surface area contributed by atoms with Crippen LogP contribution in [0.25, 0.3) is 10.9 Å². The molecule has 1 aliphatic rings. The number of carboxylic acid groups (broad SMARTS) is 1. The highest BCUT2D eigenvalue weighted by molar-refractivity contribution is 6.13. The van der Waals surface area contributed by atoms with Crippen LogP contribution in [0.2, 0.25) is 0 Å². The van der Waals surface area contributed by atoms with E-state index in [1.165, 1.54) is 5.56 Å². The lowest BCUT2D eigenvalue weighted by atomic mass is 9.93. The van der Waals surface area contributed by atoms with E-state index >= 15 is 0 Å². The highest BCUT2D eigenvalue weighted by atomic mass is 16.5. The lowest BCUT2D eigenvalue weighted by molar-refractivity contribution is -0.138. The van der Waals surface area contributed by atoms with E-state index in [9.17, 15) is 14.7 Å². The topological polar surface area (TPSA) is 91.4 Å². The SMILES string of the molecule is COc1ccc2[nH]c(C(=O)c3ccc4c(c3)NCCC4)c(C(C)C(=O)O)c2c1. The zero-order chi connectivity index (χ0) is 19.8. The van der Waals surface area contributed by atoms with Gasteiger partial charge in [-0.2, -0.15) is 0 Å². The Kier molecular flexibility index (Phi) is 4.55. The Morgan fingerprint density at radius 2 is 2.00 bits per heavy atom. The van der Waals surface area contributed by atoms with Gasteiger partial charge in [0.15, 0.2) is 0 Å². The fourth-order valence-electron chi connectivity index (χ4n) is 3.82. The van der Waals surface area contributed by atoms with Gasteiger partial charge >= 0.3 is 5.97 Å². The van der Waals surface area contributed by atoms with Gasteiger partial charge in [-0.3, -0.25) is 9.59 Å². The first kappa shape index (κ1) is 18.1. The number of hydrogen-bond donors (Lipinski definition) is 3. The molecule has 0 spiro atoms. The van der Waals surface area contributed by atoms with E-state index in [1.54, 1.807) is 32.2 Å². The monoisotopic (exact) mass is 378 g/mol. The number of aliphatic carboxylic acids is 1. The number of hydrogen-bond acceptors (Lipinski definition) is 4. The van der Waals surface area contributed by atoms with Gasteiger partial charge in [-0.15, -0.1) is 0 Å². The average Bonchev–Trinajstić information content (AvgIpc) is 3.10. The Labute approximate surface area is 162 Å². The molecule has 2 heterocycles. The van der Waals surface area contributed by atoms with Crippen LogP contribution in [0.5, 0.6) is 5.75 Å². The fraction of sp³-hybridized carbons (Fsp3) is 0.273. The number of carboxylic acids is 1. The van der Waals surface area contributed by atoms with Crippen LogP contribution in [0.3, 0.4) is 0 Å². The second kappa shape index (κ2) is 7.03. The van der Waals surface area contributed by atoms with Gasteiger partial charge in [0.25, 0.3) is 0 Å². The van der Waals surface area contributed by atoms with Crippen LogP contribution < -0.4 is 10.1 Å². The molecule has 1 unspecified atom stereocenters. The van der Waals surface area contributed by atoms with Crippen molar-refractivity contribution in [1.29, 1.82) is 0 Å². The molecule has 1 aliphatic heterocycles. The molecule has 3 aromatic rings. The van der Waals surface area contributed by atoms with Crippen molar-refractivity contribution in [2.45, 2.75) is 25.7 Å². The summed E-state index contributed by atoms with van der Waals surface area (Å²) in [5.74, 6) is -1.42. The molecule has 0 amide bonds. The number of carbonyl (C=O) groups excluding carboxylic acids is 1. The number of methoxy groups -OCH3 is 1. The van der Waals surface area contributed by atoms with Crippen molar-refractivity contribution in [2.75, 3.05) is 19.0 Å². The van der Waals surface area contributed by atoms with Gasteiger partial charge in [-0.25, -0.2) is 0 Å². The van der Waals surface area contributed by atoms with E-state index in [1.807, 2.05) is 18.2 Å². The summed E-state index contributed by atoms with van der Waals surface area (Å²) in [6, 6.07) is 11.0. The summed E-state index contributed by atoms with van der Waals surface area (Å²) in [7, 11) is 1.56. The predicted molar refractivity (Wildman–Crippen MR) is 108 cm³/mol. The van der Waals surface area contributed by atoms with Gasteiger partial charge in [0.05, 0.1) is 18.7 Å². The minimum atomic E-state index is -0.982. The average molecular weight is 378 g/mol. The molecule has 1 atom stereocenters. The molecule has 1 aromatic heterocycles. The van der Waals surface area contributed by atoms with Crippen molar-refractivity contribution in [3.05, 3.63) is 58.8 Å². The van der Waals surface area contributed by atoms with Crippen LogP contribution in [-0.2, 0) is 11.2 Å². The minimum absolute atomic E-state index is 0.214. The molecule has 0 fully saturated rings. The Balaban J connectivity index is 1.86. The van der Waals surface area contributed by atoms with E-state index in [4.69, 9.17) is 4.74 Å². The van der Waals surface area contributed by atoms with Gasteiger partial charge in [-0.05, 0) is 49.6 Å². The number of ketones is 1. The van der Waals surface area contributed by atoms with Gasteiger partial charge in [0.1, 0.15) is 5.75 Å². The maximum absolute atomic E-state index is 13.3. The van der Waals surface area contributed by atoms with Crippen molar-refractivity contribution in [3.8, 4) is 5.75 Å². The number of nitrogens with one attached hydrogen (secondary N) is 2. The summed E-state index contributed by atoms with van der Waals surface area (Å²) in [5.41, 5.74) is 4.21. The van der Waals surface area contributed by atoms with Crippen molar-refractivity contribution in [1.82, 2.24) is 4.98 Å². The fourth-order valence-corrected chi connectivity index (χ4v) is 3.82. The highest BCUT2D eigenvalue weighted by Crippen LogP contribution is 2.34. The Bertz CT molecular complexity index is 1080. The lowest BCUT2D eigenvalue weighted by Crippen LogP contribution is -2.15. The highest BCUT2D eigenvalue weighted by Gasteiger charge is 2.27. The predicted octanol–water partition coefficient (Wildman–Crippen LogP) is 3.95. The maximum Gasteiger partial charge on any atom is 0.310 e. The third-order valence-corrected chi connectivity index (χ3v) is 5.39. The zero-order valence-electron chi connectivity index (χ0n) is 15.8. The summed E-state index contributed by atoms with van der Waals surface area (Å²) in [4.78, 5) is 28.2. The third kappa shape index (κ3) is 3.01. The van der Waals surface area contributed by atoms with E-state index < -0.39 is 11.9 Å². The standard InChI is InChI=1S/C22H22N2O4/c1-12(22(26)27)19-16-11-15(28-2)7-8-17(16)24-20(19)21(25)14-6-5-13-4-3-9-23-18(13)10-14/h5-8,10-12,23-24H,3-4,9H2,1-2H3,(H,26,27). The summed E-state index contributed by atoms with van der Waals surface area (Å²) in [5, 5.41) is 13.6. The van der Waals surface area contributed by atoms with Crippen molar-refractivity contribution in [3.63, 3.8) is 0 Å². The first-order valence-electron chi connectivity index (χ1n) is 9.33. The summed E-state index contributed by atoms with van der Waals surface area (Å²) in [6.45, 7) is 2.48. The Morgan fingerprint density at radius 1 is 1.18 bits per heavy atom. The normalized spacial score (nSPS) is 14.2. The molecule has 0 bridgehead atoms. The quantitative estimate of drug-likeness (QED) is 0.585. The molecule has 0 saturated carbocycles. The number of fused-ring (bicyclic) bond motifs is 2. The molecule has 28 heavy (non-hydrogen) atoms. The first-order chi connectivity index (χ1) is 13.5. The Hall–Kier alpha value is -3.28. The number of benzene rings is 2. The number of anilines is 1. The largest absolute Gasteiger partial charge is 0.497 e. The molecule has 0 radical (unpaired) electrons. The van der Waals surface area contributed by atoms with Crippen LogP contribution >= 0.6 is 0 Å². The van der Waals surface area contributed by atoms with E-state index in [0.717, 1.165) is 25.1 Å². The smallest absolute Gasteiger partial charge is 0.310 e. The van der Waals surface area contributed by atoms with Gasteiger partial charge in [0, 0.05) is 34.3 Å². The number of carbonyl (C=O) groups is 2. The number of rotatable bonds is 5. The van der Waals surface area contributed by atoms with Crippen molar-refractivity contribution < 1.29 is 19.4 Å². The second-order valence-corrected chi connectivity index (χ2v) is 7.12. The second-order valence-electron chi connectivity index (χ2n) is 7.12. The number of H-pyrrole nitrogens is 1. The summed E-state index contributed by atoms with van der Waals surface area (Å²) >= 11 is 0. The van der Waals surface area contributed by atoms with Gasteiger partial charge in [0.2, 0.25) is 5.78 Å². The van der Waals surface area contributed by atoms with Crippen LogP contribution in [0, 0.1) is 0 Å². The molecule has 0 aliphatic carbocycles. The van der Waals surface area contributed by atoms with Gasteiger partial charge in [-0.1, -0.05) is 12.1 Å². The third-order valence-electron chi connectivity index (χ3n) is 5.39. The van der Waals surface area contributed by atoms with Crippen LogP contribution in [0.4, 0.5) is 5.69 Å². The van der Waals surface area contributed by atoms with E-state index in [2.05, 4.69) is 10.3 Å². The van der Waals surface area contributed by atoms with Crippen molar-refractivity contribution in [2.24, 2.45) is 0 Å². The molecule has 6 heteroatoms. The maximum atomic E-state index is 13.3. The number of aryl methyl sites for hydroxylation is 1. The number of aromatic nitrogens is 1. The Morgan fingerprint density at radius 3 is 2.75 bits per heavy atom. The molecule has 2 aromatic carbocycles. The molecular weight excluding hydrogens is 356 g/mol. The van der Waals surface area contributed by atoms with Crippen LogP contribution in [0.15, 0.2) is 36.4 Å². The molecule has 6 nitrogen and oxygen atoms in total. The molecule has 144 valence electrons. The van der Waals surface area contributed by atoms with Crippen molar-refractivity contribution >= 4 is 28.3 Å². The lowest BCUT2D eigenvalue weighted by Gasteiger charge is -2.18. The zero-order valence-corrected chi connectivity index (χ0v) is 15.8. The van der Waals surface area contributed by atoms with Crippen LogP contribution in [-0.4, -0.2) is 35.5 Å². The number of aromatic amines is 1. The molecule has 4 rings (SSSR count). The summed E-state index contributed by atoms with van der Waals surface area (Å²) in [6.07, 6.45) is 2.06. The van der Waals surface area contributed by atoms with Gasteiger partial charge < -0.3 is 20.1 Å². The number of ether oxygens (including phenoxy) is 1. The molecule has 0 saturated heterocycles. The molecule has 3 N–H and O–H groups in total.